The van der Waals surface area contributed by atoms with Crippen LogP contribution in [0.25, 0.3) is 0 Å². The van der Waals surface area contributed by atoms with Gasteiger partial charge in [0.1, 0.15) is 11.9 Å². The number of hydrogen-bond acceptors (Lipinski definition) is 3. The molecule has 0 saturated heterocycles. The highest BCUT2D eigenvalue weighted by Gasteiger charge is 2.30. The number of nitrogens with zero attached hydrogens (tertiary/aromatic N) is 1. The Morgan fingerprint density at radius 3 is 2.14 bits per heavy atom. The average molecular weight is 493 g/mol. The Morgan fingerprint density at radius 2 is 1.51 bits per heavy atom. The Kier molecular flexibility index (Phi) is 10.4. The first-order valence-electron chi connectivity index (χ1n) is 12.0. The van der Waals surface area contributed by atoms with Crippen LogP contribution in [0.1, 0.15) is 37.0 Å². The third-order valence-electron chi connectivity index (χ3n) is 5.91. The van der Waals surface area contributed by atoms with Gasteiger partial charge in [-0.15, -0.1) is 11.8 Å². The molecule has 0 aliphatic heterocycles. The van der Waals surface area contributed by atoms with Crippen molar-refractivity contribution in [2.75, 3.05) is 5.75 Å². The van der Waals surface area contributed by atoms with Crippen molar-refractivity contribution in [2.45, 2.75) is 51.1 Å². The molecule has 0 aliphatic rings. The topological polar surface area (TPSA) is 49.4 Å². The lowest BCUT2D eigenvalue weighted by molar-refractivity contribution is -0.139. The molecule has 3 aromatic rings. The molecular formula is C29H33FN2O2S. The van der Waals surface area contributed by atoms with Gasteiger partial charge in [0.15, 0.2) is 0 Å². The van der Waals surface area contributed by atoms with Crippen LogP contribution in [0.3, 0.4) is 0 Å². The first kappa shape index (κ1) is 26.5. The summed E-state index contributed by atoms with van der Waals surface area (Å²) in [4.78, 5) is 28.7. The molecule has 2 atom stereocenters. The van der Waals surface area contributed by atoms with E-state index < -0.39 is 6.04 Å². The summed E-state index contributed by atoms with van der Waals surface area (Å²) in [6.45, 7) is 4.31. The molecule has 3 aromatic carbocycles. The monoisotopic (exact) mass is 492 g/mol. The smallest absolute Gasteiger partial charge is 0.243 e. The summed E-state index contributed by atoms with van der Waals surface area (Å²) in [7, 11) is 0. The molecule has 184 valence electrons. The fraction of sp³-hybridized carbons (Fsp3) is 0.310. The van der Waals surface area contributed by atoms with Crippen LogP contribution in [-0.2, 0) is 28.3 Å². The number of carbonyl (C=O) groups excluding carboxylic acids is 2. The predicted octanol–water partition coefficient (Wildman–Crippen LogP) is 5.61. The van der Waals surface area contributed by atoms with E-state index in [0.29, 0.717) is 24.3 Å². The third kappa shape index (κ3) is 8.25. The number of thioether (sulfide) groups is 1. The normalized spacial score (nSPS) is 12.5. The quantitative estimate of drug-likeness (QED) is 0.357. The van der Waals surface area contributed by atoms with Crippen molar-refractivity contribution in [2.24, 2.45) is 0 Å². The minimum Gasteiger partial charge on any atom is -0.352 e. The molecule has 6 heteroatoms. The Bertz CT molecular complexity index is 1080. The molecule has 0 aliphatic carbocycles. The van der Waals surface area contributed by atoms with E-state index in [4.69, 9.17) is 0 Å². The SMILES string of the molecule is CC[C@H](C)NC(=O)[C@@H](Cc1ccccc1)N(Cc1ccccc1)C(=O)CSCc1ccccc1F. The maximum absolute atomic E-state index is 14.0. The Balaban J connectivity index is 1.84. The molecule has 2 amide bonds. The molecule has 0 fully saturated rings. The van der Waals surface area contributed by atoms with Gasteiger partial charge in [0.25, 0.3) is 0 Å². The summed E-state index contributed by atoms with van der Waals surface area (Å²) in [5, 5.41) is 3.07. The second-order valence-electron chi connectivity index (χ2n) is 8.61. The molecule has 0 unspecified atom stereocenters. The highest BCUT2D eigenvalue weighted by atomic mass is 32.2. The van der Waals surface area contributed by atoms with Crippen LogP contribution >= 0.6 is 11.8 Å². The molecule has 0 heterocycles. The molecule has 1 N–H and O–H groups in total. The first-order chi connectivity index (χ1) is 17.0. The van der Waals surface area contributed by atoms with Gasteiger partial charge in [0.2, 0.25) is 11.8 Å². The highest BCUT2D eigenvalue weighted by Crippen LogP contribution is 2.20. The minimum absolute atomic E-state index is 0.00452. The van der Waals surface area contributed by atoms with E-state index in [1.54, 1.807) is 23.1 Å². The van der Waals surface area contributed by atoms with Gasteiger partial charge >= 0.3 is 0 Å². The van der Waals surface area contributed by atoms with Gasteiger partial charge in [-0.25, -0.2) is 4.39 Å². The van der Waals surface area contributed by atoms with Crippen molar-refractivity contribution in [3.05, 3.63) is 107 Å². The van der Waals surface area contributed by atoms with Gasteiger partial charge in [-0.3, -0.25) is 9.59 Å². The molecule has 0 spiro atoms. The van der Waals surface area contributed by atoms with Crippen molar-refractivity contribution in [1.29, 1.82) is 0 Å². The van der Waals surface area contributed by atoms with Crippen LogP contribution in [-0.4, -0.2) is 34.6 Å². The van der Waals surface area contributed by atoms with Gasteiger partial charge < -0.3 is 10.2 Å². The van der Waals surface area contributed by atoms with Crippen molar-refractivity contribution in [3.63, 3.8) is 0 Å². The number of benzene rings is 3. The lowest BCUT2D eigenvalue weighted by atomic mass is 10.0. The van der Waals surface area contributed by atoms with Gasteiger partial charge in [-0.2, -0.15) is 0 Å². The second kappa shape index (κ2) is 13.7. The maximum atomic E-state index is 14.0. The van der Waals surface area contributed by atoms with E-state index in [1.807, 2.05) is 74.5 Å². The summed E-state index contributed by atoms with van der Waals surface area (Å²) in [5.41, 5.74) is 2.51. The maximum Gasteiger partial charge on any atom is 0.243 e. The van der Waals surface area contributed by atoms with Gasteiger partial charge in [-0.05, 0) is 36.1 Å². The zero-order valence-electron chi connectivity index (χ0n) is 20.3. The largest absolute Gasteiger partial charge is 0.352 e. The van der Waals surface area contributed by atoms with Crippen molar-refractivity contribution < 1.29 is 14.0 Å². The Morgan fingerprint density at radius 1 is 0.914 bits per heavy atom. The Labute approximate surface area is 211 Å². The lowest BCUT2D eigenvalue weighted by Crippen LogP contribution is -2.52. The Hall–Kier alpha value is -3.12. The molecule has 0 radical (unpaired) electrons. The van der Waals surface area contributed by atoms with Crippen molar-refractivity contribution in [1.82, 2.24) is 10.2 Å². The molecular weight excluding hydrogens is 459 g/mol. The molecule has 0 bridgehead atoms. The number of nitrogens with one attached hydrogen (secondary N) is 1. The molecule has 35 heavy (non-hydrogen) atoms. The van der Waals surface area contributed by atoms with Gasteiger partial charge in [0.05, 0.1) is 5.75 Å². The highest BCUT2D eigenvalue weighted by molar-refractivity contribution is 7.99. The predicted molar refractivity (Wildman–Crippen MR) is 141 cm³/mol. The van der Waals surface area contributed by atoms with Crippen molar-refractivity contribution in [3.8, 4) is 0 Å². The molecule has 3 rings (SSSR count). The number of carbonyl (C=O) groups is 2. The van der Waals surface area contributed by atoms with Crippen LogP contribution in [0.15, 0.2) is 84.9 Å². The number of halogens is 1. The molecule has 0 saturated carbocycles. The number of rotatable bonds is 12. The van der Waals surface area contributed by atoms with Crippen LogP contribution in [0.5, 0.6) is 0 Å². The van der Waals surface area contributed by atoms with E-state index >= 15 is 0 Å². The van der Waals surface area contributed by atoms with Crippen LogP contribution < -0.4 is 5.32 Å². The fourth-order valence-corrected chi connectivity index (χ4v) is 4.62. The van der Waals surface area contributed by atoms with Crippen LogP contribution in [0.2, 0.25) is 0 Å². The summed E-state index contributed by atoms with van der Waals surface area (Å²) in [6, 6.07) is 25.4. The van der Waals surface area contributed by atoms with Crippen LogP contribution in [0, 0.1) is 5.82 Å². The van der Waals surface area contributed by atoms with Gasteiger partial charge in [-0.1, -0.05) is 85.8 Å². The zero-order chi connectivity index (χ0) is 25.0. The first-order valence-corrected chi connectivity index (χ1v) is 13.1. The molecule has 0 aromatic heterocycles. The van der Waals surface area contributed by atoms with E-state index in [1.165, 1.54) is 17.8 Å². The number of amides is 2. The summed E-state index contributed by atoms with van der Waals surface area (Å²) >= 11 is 1.36. The van der Waals surface area contributed by atoms with Crippen molar-refractivity contribution >= 4 is 23.6 Å². The van der Waals surface area contributed by atoms with Crippen LogP contribution in [0.4, 0.5) is 4.39 Å². The average Bonchev–Trinajstić information content (AvgIpc) is 2.88. The van der Waals surface area contributed by atoms with E-state index in [2.05, 4.69) is 5.32 Å². The van der Waals surface area contributed by atoms with E-state index in [9.17, 15) is 14.0 Å². The minimum atomic E-state index is -0.659. The van der Waals surface area contributed by atoms with E-state index in [0.717, 1.165) is 17.5 Å². The fourth-order valence-electron chi connectivity index (χ4n) is 3.72. The summed E-state index contributed by atoms with van der Waals surface area (Å²) in [6.07, 6.45) is 1.22. The van der Waals surface area contributed by atoms with E-state index in [-0.39, 0.29) is 29.4 Å². The second-order valence-corrected chi connectivity index (χ2v) is 9.60. The standard InChI is InChI=1S/C29H33FN2O2S/c1-3-22(2)31-29(34)27(18-23-12-6-4-7-13-23)32(19-24-14-8-5-9-15-24)28(33)21-35-20-25-16-10-11-17-26(25)30/h4-17,22,27H,3,18-21H2,1-2H3,(H,31,34)/t22-,27+/m0/s1. The molecule has 4 nitrogen and oxygen atoms in total. The third-order valence-corrected chi connectivity index (χ3v) is 6.88. The number of hydrogen-bond donors (Lipinski definition) is 1. The summed E-state index contributed by atoms with van der Waals surface area (Å²) in [5.74, 6) is -0.0335. The lowest BCUT2D eigenvalue weighted by Gasteiger charge is -2.32. The van der Waals surface area contributed by atoms with Gasteiger partial charge in [0, 0.05) is 24.8 Å². The summed E-state index contributed by atoms with van der Waals surface area (Å²) < 4.78 is 14.0. The zero-order valence-corrected chi connectivity index (χ0v) is 21.1.